The summed E-state index contributed by atoms with van der Waals surface area (Å²) in [6, 6.07) is 14.3. The van der Waals surface area contributed by atoms with Crippen molar-refractivity contribution in [2.75, 3.05) is 0 Å². The van der Waals surface area contributed by atoms with Gasteiger partial charge in [0.2, 0.25) is 11.7 Å². The Morgan fingerprint density at radius 1 is 1.00 bits per heavy atom. The molecule has 3 aromatic heterocycles. The van der Waals surface area contributed by atoms with Crippen LogP contribution in [0.5, 0.6) is 0 Å². The zero-order chi connectivity index (χ0) is 22.2. The molecule has 0 N–H and O–H groups in total. The minimum absolute atomic E-state index is 0.0192. The van der Waals surface area contributed by atoms with Gasteiger partial charge in [-0.05, 0) is 42.5 Å². The summed E-state index contributed by atoms with van der Waals surface area (Å²) >= 11 is 5.72. The van der Waals surface area contributed by atoms with E-state index in [9.17, 15) is 14.0 Å². The maximum Gasteiger partial charge on any atom is 0.332 e. The molecule has 0 aliphatic heterocycles. The molecular weight excluding hydrogens is 439 g/mol. The van der Waals surface area contributed by atoms with E-state index in [1.54, 1.807) is 42.5 Å². The highest BCUT2D eigenvalue weighted by Gasteiger charge is 2.17. The summed E-state index contributed by atoms with van der Waals surface area (Å²) in [5.74, 6) is 0.126. The van der Waals surface area contributed by atoms with Gasteiger partial charge in [0.15, 0.2) is 0 Å². The first kappa shape index (κ1) is 20.0. The molecule has 0 aliphatic rings. The molecule has 0 radical (unpaired) electrons. The van der Waals surface area contributed by atoms with Crippen LogP contribution >= 0.6 is 11.6 Å². The Balaban J connectivity index is 1.58. The first-order chi connectivity index (χ1) is 15.5. The van der Waals surface area contributed by atoms with Crippen LogP contribution in [0.2, 0.25) is 5.02 Å². The van der Waals surface area contributed by atoms with Gasteiger partial charge in [-0.25, -0.2) is 9.18 Å². The molecule has 0 aliphatic carbocycles. The number of hydrogen-bond acceptors (Lipinski definition) is 6. The Morgan fingerprint density at radius 2 is 1.84 bits per heavy atom. The molecular formula is C22H14ClFN4O4. The van der Waals surface area contributed by atoms with Gasteiger partial charge in [-0.15, -0.1) is 0 Å². The second-order valence-electron chi connectivity index (χ2n) is 7.00. The van der Waals surface area contributed by atoms with Crippen LogP contribution in [-0.4, -0.2) is 19.3 Å². The maximum atomic E-state index is 13.8. The lowest BCUT2D eigenvalue weighted by atomic mass is 10.2. The van der Waals surface area contributed by atoms with Gasteiger partial charge in [-0.2, -0.15) is 4.98 Å². The SMILES string of the molecule is O=c1c2ccccc2n(Cc2nc(-c3ccc(Cl)c(F)c3)no2)c(=O)n1Cc1ccco1. The van der Waals surface area contributed by atoms with Crippen molar-refractivity contribution < 1.29 is 13.3 Å². The average Bonchev–Trinajstić information content (AvgIpc) is 3.48. The predicted molar refractivity (Wildman–Crippen MR) is 114 cm³/mol. The number of rotatable bonds is 5. The summed E-state index contributed by atoms with van der Waals surface area (Å²) in [5.41, 5.74) is -0.180. The van der Waals surface area contributed by atoms with E-state index in [0.717, 1.165) is 4.57 Å². The molecule has 2 aromatic carbocycles. The van der Waals surface area contributed by atoms with Crippen LogP contribution in [-0.2, 0) is 13.1 Å². The molecule has 0 amide bonds. The largest absolute Gasteiger partial charge is 0.467 e. The molecule has 8 nitrogen and oxygen atoms in total. The van der Waals surface area contributed by atoms with E-state index in [1.807, 2.05) is 0 Å². The lowest BCUT2D eigenvalue weighted by Crippen LogP contribution is -2.40. The first-order valence-electron chi connectivity index (χ1n) is 9.54. The van der Waals surface area contributed by atoms with Gasteiger partial charge in [0.25, 0.3) is 5.56 Å². The van der Waals surface area contributed by atoms with Crippen molar-refractivity contribution >= 4 is 22.5 Å². The van der Waals surface area contributed by atoms with E-state index in [-0.39, 0.29) is 29.8 Å². The molecule has 0 bridgehead atoms. The second kappa shape index (κ2) is 7.93. The Hall–Kier alpha value is -3.98. The van der Waals surface area contributed by atoms with E-state index in [2.05, 4.69) is 10.1 Å². The van der Waals surface area contributed by atoms with E-state index in [1.165, 1.54) is 23.0 Å². The van der Waals surface area contributed by atoms with Crippen LogP contribution in [0, 0.1) is 5.82 Å². The molecule has 0 saturated carbocycles. The summed E-state index contributed by atoms with van der Waals surface area (Å²) in [4.78, 5) is 30.4. The average molecular weight is 453 g/mol. The zero-order valence-electron chi connectivity index (χ0n) is 16.4. The molecule has 160 valence electrons. The Bertz CT molecular complexity index is 1550. The number of para-hydroxylation sites is 1. The van der Waals surface area contributed by atoms with Crippen LogP contribution in [0.1, 0.15) is 11.7 Å². The number of hydrogen-bond donors (Lipinski definition) is 0. The molecule has 0 fully saturated rings. The van der Waals surface area contributed by atoms with Gasteiger partial charge in [0, 0.05) is 5.56 Å². The molecule has 5 aromatic rings. The molecule has 32 heavy (non-hydrogen) atoms. The first-order valence-corrected chi connectivity index (χ1v) is 9.92. The molecule has 3 heterocycles. The minimum Gasteiger partial charge on any atom is -0.467 e. The van der Waals surface area contributed by atoms with Crippen LogP contribution in [0.25, 0.3) is 22.3 Å². The smallest absolute Gasteiger partial charge is 0.332 e. The van der Waals surface area contributed by atoms with E-state index >= 15 is 0 Å². The fourth-order valence-corrected chi connectivity index (χ4v) is 3.55. The summed E-state index contributed by atoms with van der Waals surface area (Å²) in [7, 11) is 0. The normalized spacial score (nSPS) is 11.3. The van der Waals surface area contributed by atoms with Crippen molar-refractivity contribution in [2.45, 2.75) is 13.1 Å². The molecule has 0 spiro atoms. The van der Waals surface area contributed by atoms with E-state index in [0.29, 0.717) is 22.2 Å². The summed E-state index contributed by atoms with van der Waals surface area (Å²) in [6.07, 6.45) is 1.47. The van der Waals surface area contributed by atoms with Gasteiger partial charge in [0.05, 0.1) is 28.7 Å². The van der Waals surface area contributed by atoms with Crippen molar-refractivity contribution in [3.05, 3.63) is 104 Å². The fourth-order valence-electron chi connectivity index (χ4n) is 3.43. The molecule has 0 atom stereocenters. The third-order valence-electron chi connectivity index (χ3n) is 4.97. The van der Waals surface area contributed by atoms with Crippen LogP contribution in [0.4, 0.5) is 4.39 Å². The fraction of sp³-hybridized carbons (Fsp3) is 0.0909. The maximum absolute atomic E-state index is 13.8. The highest BCUT2D eigenvalue weighted by atomic mass is 35.5. The molecule has 10 heteroatoms. The van der Waals surface area contributed by atoms with Crippen molar-refractivity contribution in [1.82, 2.24) is 19.3 Å². The van der Waals surface area contributed by atoms with Crippen molar-refractivity contribution in [3.8, 4) is 11.4 Å². The Labute approximate surface area is 184 Å². The Kier molecular flexibility index (Phi) is 4.95. The van der Waals surface area contributed by atoms with Gasteiger partial charge >= 0.3 is 5.69 Å². The molecule has 0 saturated heterocycles. The standard InChI is InChI=1S/C22H14ClFN4O4/c23-16-8-7-13(10-17(16)24)20-25-19(32-26-20)12-27-18-6-2-1-5-15(18)21(29)28(22(27)30)11-14-4-3-9-31-14/h1-10H,11-12H2. The topological polar surface area (TPSA) is 96.1 Å². The van der Waals surface area contributed by atoms with Crippen molar-refractivity contribution in [1.29, 1.82) is 0 Å². The van der Waals surface area contributed by atoms with Crippen LogP contribution in [0.15, 0.2) is 79.4 Å². The highest BCUT2D eigenvalue weighted by molar-refractivity contribution is 6.30. The van der Waals surface area contributed by atoms with Crippen LogP contribution < -0.4 is 11.2 Å². The Morgan fingerprint density at radius 3 is 2.62 bits per heavy atom. The number of aromatic nitrogens is 4. The van der Waals surface area contributed by atoms with Crippen molar-refractivity contribution in [2.24, 2.45) is 0 Å². The van der Waals surface area contributed by atoms with Gasteiger partial charge in [-0.3, -0.25) is 13.9 Å². The number of halogens is 2. The van der Waals surface area contributed by atoms with Crippen molar-refractivity contribution in [3.63, 3.8) is 0 Å². The molecule has 0 unspecified atom stereocenters. The predicted octanol–water partition coefficient (Wildman–Crippen LogP) is 3.70. The van der Waals surface area contributed by atoms with Gasteiger partial charge < -0.3 is 8.94 Å². The number of fused-ring (bicyclic) bond motifs is 1. The lowest BCUT2D eigenvalue weighted by Gasteiger charge is -2.12. The van der Waals surface area contributed by atoms with E-state index < -0.39 is 17.1 Å². The van der Waals surface area contributed by atoms with Gasteiger partial charge in [0.1, 0.15) is 18.1 Å². The number of nitrogens with zero attached hydrogens (tertiary/aromatic N) is 4. The molecule has 5 rings (SSSR count). The third-order valence-corrected chi connectivity index (χ3v) is 5.27. The monoisotopic (exact) mass is 452 g/mol. The summed E-state index contributed by atoms with van der Waals surface area (Å²) in [6.45, 7) is -0.102. The van der Waals surface area contributed by atoms with E-state index in [4.69, 9.17) is 20.5 Å². The highest BCUT2D eigenvalue weighted by Crippen LogP contribution is 2.22. The minimum atomic E-state index is -0.609. The second-order valence-corrected chi connectivity index (χ2v) is 7.40. The number of benzene rings is 2. The van der Waals surface area contributed by atoms with Crippen LogP contribution in [0.3, 0.4) is 0 Å². The van der Waals surface area contributed by atoms with Gasteiger partial charge in [-0.1, -0.05) is 28.9 Å². The summed E-state index contributed by atoms with van der Waals surface area (Å²) in [5, 5.41) is 4.21. The quantitative estimate of drug-likeness (QED) is 0.403. The summed E-state index contributed by atoms with van der Waals surface area (Å²) < 4.78 is 26.8. The third kappa shape index (κ3) is 3.52. The zero-order valence-corrected chi connectivity index (χ0v) is 17.1. The lowest BCUT2D eigenvalue weighted by molar-refractivity contribution is 0.369. The number of furan rings is 1.